The van der Waals surface area contributed by atoms with Gasteiger partial charge >= 0.3 is 0 Å². The third kappa shape index (κ3) is 4.58. The maximum Gasteiger partial charge on any atom is 0.257 e. The molecule has 2 N–H and O–H groups in total. The van der Waals surface area contributed by atoms with E-state index in [2.05, 4.69) is 27.9 Å². The number of Topliss-reactive ketones (excluding diaryl/α,β-unsaturated/α-hetero) is 1. The lowest BCUT2D eigenvalue weighted by Gasteiger charge is -2.30. The van der Waals surface area contributed by atoms with Gasteiger partial charge in [-0.25, -0.2) is 8.78 Å². The Bertz CT molecular complexity index is 981. The molecule has 2 aromatic rings. The van der Waals surface area contributed by atoms with Crippen LogP contribution in [-0.2, 0) is 0 Å². The van der Waals surface area contributed by atoms with E-state index >= 15 is 0 Å². The number of aliphatic hydroxyl groups excluding tert-OH is 1. The molecule has 0 aromatic heterocycles. The number of aliphatic hydroxyl groups is 1. The van der Waals surface area contributed by atoms with Gasteiger partial charge in [-0.3, -0.25) is 9.59 Å². The molecule has 1 heterocycles. The highest BCUT2D eigenvalue weighted by atomic mass is 127. The molecular weight excluding hydrogens is 493 g/mol. The first kappa shape index (κ1) is 21.6. The minimum Gasteiger partial charge on any atom is -0.391 e. The van der Waals surface area contributed by atoms with E-state index in [9.17, 15) is 23.5 Å². The predicted octanol–water partition coefficient (Wildman–Crippen LogP) is 4.42. The topological polar surface area (TPSA) is 69.6 Å². The number of carbonyl (C=O) groups is 2. The van der Waals surface area contributed by atoms with Crippen molar-refractivity contribution in [2.75, 3.05) is 18.4 Å². The van der Waals surface area contributed by atoms with Crippen molar-refractivity contribution < 1.29 is 23.5 Å². The number of carbonyl (C=O) groups excluding carboxylic acids is 2. The maximum absolute atomic E-state index is 15.0. The lowest BCUT2D eigenvalue weighted by molar-refractivity contribution is 0.0469. The SMILES string of the molecule is CC(=O)c1cc(C(=O)N2CCCC(O)C2)c(F)c(F)c1Nc1ccc(I)cc1C. The van der Waals surface area contributed by atoms with Crippen molar-refractivity contribution in [3.05, 3.63) is 56.2 Å². The highest BCUT2D eigenvalue weighted by molar-refractivity contribution is 14.1. The van der Waals surface area contributed by atoms with E-state index in [0.29, 0.717) is 25.1 Å². The molecule has 1 aliphatic heterocycles. The van der Waals surface area contributed by atoms with Crippen molar-refractivity contribution in [1.82, 2.24) is 4.90 Å². The Kier molecular flexibility index (Phi) is 6.52. The molecule has 5 nitrogen and oxygen atoms in total. The van der Waals surface area contributed by atoms with Gasteiger partial charge in [-0.2, -0.15) is 0 Å². The van der Waals surface area contributed by atoms with Crippen LogP contribution in [0.1, 0.15) is 46.0 Å². The van der Waals surface area contributed by atoms with Crippen molar-refractivity contribution in [3.8, 4) is 0 Å². The van der Waals surface area contributed by atoms with Gasteiger partial charge in [0.15, 0.2) is 17.4 Å². The molecule has 1 unspecified atom stereocenters. The summed E-state index contributed by atoms with van der Waals surface area (Å²) in [5.74, 6) is -3.83. The Morgan fingerprint density at radius 1 is 1.21 bits per heavy atom. The van der Waals surface area contributed by atoms with Crippen LogP contribution in [0.4, 0.5) is 20.2 Å². The van der Waals surface area contributed by atoms with Crippen molar-refractivity contribution in [2.24, 2.45) is 0 Å². The zero-order valence-corrected chi connectivity index (χ0v) is 18.2. The number of hydrogen-bond acceptors (Lipinski definition) is 4. The molecule has 1 amide bonds. The second-order valence-corrected chi connectivity index (χ2v) is 8.41. The zero-order chi connectivity index (χ0) is 21.3. The first-order valence-electron chi connectivity index (χ1n) is 9.22. The number of ketones is 1. The Labute approximate surface area is 181 Å². The summed E-state index contributed by atoms with van der Waals surface area (Å²) < 4.78 is 30.8. The normalized spacial score (nSPS) is 16.6. The van der Waals surface area contributed by atoms with Crippen LogP contribution < -0.4 is 5.32 Å². The summed E-state index contributed by atoms with van der Waals surface area (Å²) >= 11 is 2.14. The molecule has 2 aromatic carbocycles. The summed E-state index contributed by atoms with van der Waals surface area (Å²) in [6, 6.07) is 6.47. The summed E-state index contributed by atoms with van der Waals surface area (Å²) in [5.41, 5.74) is 0.419. The number of nitrogens with one attached hydrogen (secondary N) is 1. The van der Waals surface area contributed by atoms with Crippen molar-refractivity contribution in [1.29, 1.82) is 0 Å². The zero-order valence-electron chi connectivity index (χ0n) is 16.1. The Morgan fingerprint density at radius 2 is 1.93 bits per heavy atom. The largest absolute Gasteiger partial charge is 0.391 e. The minimum atomic E-state index is -1.31. The fraction of sp³-hybridized carbons (Fsp3) is 0.333. The number of likely N-dealkylation sites (tertiary alicyclic amines) is 1. The van der Waals surface area contributed by atoms with E-state index in [0.717, 1.165) is 15.2 Å². The molecule has 0 bridgehead atoms. The van der Waals surface area contributed by atoms with Crippen LogP contribution in [0.3, 0.4) is 0 Å². The van der Waals surface area contributed by atoms with Gasteiger partial charge in [0.1, 0.15) is 0 Å². The fourth-order valence-electron chi connectivity index (χ4n) is 3.39. The molecule has 8 heteroatoms. The van der Waals surface area contributed by atoms with Gasteiger partial charge in [-0.1, -0.05) is 0 Å². The van der Waals surface area contributed by atoms with Crippen LogP contribution in [0.2, 0.25) is 0 Å². The number of β-amino-alcohol motifs (C(OH)–C–C–N with tert-alkyl or cyclic N) is 1. The average molecular weight is 514 g/mol. The number of benzene rings is 2. The number of anilines is 2. The van der Waals surface area contributed by atoms with E-state index in [1.807, 2.05) is 13.0 Å². The summed E-state index contributed by atoms with van der Waals surface area (Å²) in [5, 5.41) is 12.6. The number of hydrogen-bond donors (Lipinski definition) is 2. The predicted molar refractivity (Wildman–Crippen MR) is 115 cm³/mol. The Balaban J connectivity index is 2.04. The van der Waals surface area contributed by atoms with Gasteiger partial charge in [-0.05, 0) is 79.1 Å². The van der Waals surface area contributed by atoms with E-state index < -0.39 is 35.0 Å². The number of halogens is 3. The van der Waals surface area contributed by atoms with Crippen molar-refractivity contribution in [3.63, 3.8) is 0 Å². The summed E-state index contributed by atoms with van der Waals surface area (Å²) in [7, 11) is 0. The van der Waals surface area contributed by atoms with Crippen LogP contribution in [0.5, 0.6) is 0 Å². The van der Waals surface area contributed by atoms with Gasteiger partial charge in [0.25, 0.3) is 5.91 Å². The van der Waals surface area contributed by atoms with E-state index in [1.165, 1.54) is 11.8 Å². The molecule has 0 radical (unpaired) electrons. The third-order valence-electron chi connectivity index (χ3n) is 4.95. The summed E-state index contributed by atoms with van der Waals surface area (Å²) in [6.07, 6.45) is 0.428. The standard InChI is InChI=1S/C21H21F2IN2O3/c1-11-8-13(24)5-6-17(11)25-20-15(12(2)27)9-16(18(22)19(20)23)21(29)26-7-3-4-14(28)10-26/h5-6,8-9,14,25,28H,3-4,7,10H2,1-2H3. The van der Waals surface area contributed by atoms with Crippen molar-refractivity contribution >= 4 is 45.7 Å². The molecule has 1 aliphatic rings. The highest BCUT2D eigenvalue weighted by Crippen LogP contribution is 2.31. The van der Waals surface area contributed by atoms with Gasteiger partial charge in [0.2, 0.25) is 0 Å². The lowest BCUT2D eigenvalue weighted by atomic mass is 10.0. The summed E-state index contributed by atoms with van der Waals surface area (Å²) in [4.78, 5) is 26.2. The van der Waals surface area contributed by atoms with Gasteiger partial charge < -0.3 is 15.3 Å². The molecule has 0 spiro atoms. The van der Waals surface area contributed by atoms with E-state index in [1.54, 1.807) is 12.1 Å². The molecule has 0 saturated carbocycles. The monoisotopic (exact) mass is 514 g/mol. The Morgan fingerprint density at radius 3 is 2.55 bits per heavy atom. The number of piperidine rings is 1. The van der Waals surface area contributed by atoms with Crippen LogP contribution in [0, 0.1) is 22.1 Å². The molecule has 0 aliphatic carbocycles. The molecular formula is C21H21F2IN2O3. The van der Waals surface area contributed by atoms with Crippen LogP contribution >= 0.6 is 22.6 Å². The average Bonchev–Trinajstić information content (AvgIpc) is 2.66. The van der Waals surface area contributed by atoms with Gasteiger partial charge in [0, 0.05) is 27.9 Å². The minimum absolute atomic E-state index is 0.0527. The first-order chi connectivity index (χ1) is 13.7. The number of rotatable bonds is 4. The second-order valence-electron chi connectivity index (χ2n) is 7.16. The van der Waals surface area contributed by atoms with Crippen molar-refractivity contribution in [2.45, 2.75) is 32.8 Å². The lowest BCUT2D eigenvalue weighted by Crippen LogP contribution is -2.42. The molecule has 29 heavy (non-hydrogen) atoms. The number of nitrogens with zero attached hydrogens (tertiary/aromatic N) is 1. The van der Waals surface area contributed by atoms with E-state index in [4.69, 9.17) is 0 Å². The molecule has 1 fully saturated rings. The van der Waals surface area contributed by atoms with Crippen LogP contribution in [0.15, 0.2) is 24.3 Å². The number of aryl methyl sites for hydroxylation is 1. The Hall–Kier alpha value is -2.07. The van der Waals surface area contributed by atoms with E-state index in [-0.39, 0.29) is 17.8 Å². The first-order valence-corrected chi connectivity index (χ1v) is 10.3. The molecule has 154 valence electrons. The molecule has 3 rings (SSSR count). The third-order valence-corrected chi connectivity index (χ3v) is 5.62. The molecule has 1 saturated heterocycles. The second kappa shape index (κ2) is 8.74. The quantitative estimate of drug-likeness (QED) is 0.469. The van der Waals surface area contributed by atoms with Crippen LogP contribution in [0.25, 0.3) is 0 Å². The number of amides is 1. The smallest absolute Gasteiger partial charge is 0.257 e. The highest BCUT2D eigenvalue weighted by Gasteiger charge is 2.29. The van der Waals surface area contributed by atoms with Gasteiger partial charge in [0.05, 0.1) is 17.4 Å². The summed E-state index contributed by atoms with van der Waals surface area (Å²) in [6.45, 7) is 3.44. The van der Waals surface area contributed by atoms with Gasteiger partial charge in [-0.15, -0.1) is 0 Å². The maximum atomic E-state index is 15.0. The fourth-order valence-corrected chi connectivity index (χ4v) is 4.04. The molecule has 1 atom stereocenters. The van der Waals surface area contributed by atoms with Crippen LogP contribution in [-0.4, -0.2) is 40.9 Å².